The first kappa shape index (κ1) is 26.0. The molecule has 6 heteroatoms. The zero-order chi connectivity index (χ0) is 26.8. The quantitative estimate of drug-likeness (QED) is 0.421. The van der Waals surface area contributed by atoms with Crippen LogP contribution in [0.25, 0.3) is 0 Å². The second-order valence-electron chi connectivity index (χ2n) is 11.3. The van der Waals surface area contributed by atoms with Crippen LogP contribution in [0.5, 0.6) is 5.75 Å². The Morgan fingerprint density at radius 1 is 0.974 bits per heavy atom. The molecule has 1 heterocycles. The van der Waals surface area contributed by atoms with E-state index in [9.17, 15) is 14.7 Å². The number of phenols is 1. The van der Waals surface area contributed by atoms with Crippen molar-refractivity contribution < 1.29 is 19.8 Å². The number of benzene rings is 3. The summed E-state index contributed by atoms with van der Waals surface area (Å²) in [7, 11) is 0. The molecule has 1 saturated heterocycles. The molecule has 1 amide bonds. The van der Waals surface area contributed by atoms with Gasteiger partial charge in [-0.3, -0.25) is 9.59 Å². The minimum absolute atomic E-state index is 0.109. The van der Waals surface area contributed by atoms with Crippen molar-refractivity contribution >= 4 is 11.9 Å². The number of carbonyl (C=O) groups is 2. The minimum Gasteiger partial charge on any atom is -0.508 e. The number of nitrogens with one attached hydrogen (secondary N) is 1. The van der Waals surface area contributed by atoms with Gasteiger partial charge in [0.1, 0.15) is 12.3 Å². The summed E-state index contributed by atoms with van der Waals surface area (Å²) < 4.78 is 0. The number of hydrogen-bond donors (Lipinski definition) is 3. The summed E-state index contributed by atoms with van der Waals surface area (Å²) in [5, 5.41) is 22.1. The molecule has 1 aliphatic heterocycles. The molecule has 198 valence electrons. The summed E-state index contributed by atoms with van der Waals surface area (Å²) in [6.45, 7) is 4.18. The molecule has 0 aromatic heterocycles. The van der Waals surface area contributed by atoms with Crippen LogP contribution in [0.2, 0.25) is 0 Å². The first-order chi connectivity index (χ1) is 18.3. The van der Waals surface area contributed by atoms with Gasteiger partial charge in [0.2, 0.25) is 5.91 Å². The zero-order valence-corrected chi connectivity index (χ0v) is 21.9. The van der Waals surface area contributed by atoms with Crippen molar-refractivity contribution in [2.24, 2.45) is 11.3 Å². The predicted molar refractivity (Wildman–Crippen MR) is 147 cm³/mol. The van der Waals surface area contributed by atoms with Gasteiger partial charge in [-0.15, -0.1) is 0 Å². The van der Waals surface area contributed by atoms with Crippen LogP contribution >= 0.6 is 0 Å². The topological polar surface area (TPSA) is 89.9 Å². The van der Waals surface area contributed by atoms with Crippen LogP contribution in [0, 0.1) is 11.3 Å². The van der Waals surface area contributed by atoms with Crippen LogP contribution in [0.4, 0.5) is 0 Å². The second-order valence-corrected chi connectivity index (χ2v) is 11.3. The number of likely N-dealkylation sites (tertiary alicyclic amines) is 1. The molecule has 3 aromatic rings. The first-order valence-corrected chi connectivity index (χ1v) is 13.4. The van der Waals surface area contributed by atoms with Gasteiger partial charge < -0.3 is 20.4 Å². The summed E-state index contributed by atoms with van der Waals surface area (Å²) in [6.07, 6.45) is 3.31. The van der Waals surface area contributed by atoms with E-state index in [0.29, 0.717) is 18.7 Å². The zero-order valence-electron chi connectivity index (χ0n) is 21.9. The van der Waals surface area contributed by atoms with E-state index in [4.69, 9.17) is 5.11 Å². The van der Waals surface area contributed by atoms with E-state index in [1.807, 2.05) is 42.5 Å². The molecule has 2 unspecified atom stereocenters. The van der Waals surface area contributed by atoms with Crippen molar-refractivity contribution in [1.82, 2.24) is 10.2 Å². The van der Waals surface area contributed by atoms with E-state index in [1.54, 1.807) is 6.07 Å². The molecular weight excluding hydrogens is 476 g/mol. The van der Waals surface area contributed by atoms with E-state index >= 15 is 0 Å². The minimum atomic E-state index is -1.04. The molecule has 38 heavy (non-hydrogen) atoms. The van der Waals surface area contributed by atoms with E-state index in [-0.39, 0.29) is 29.2 Å². The number of phenolic OH excluding ortho intramolecular Hbond substituents is 1. The first-order valence-electron chi connectivity index (χ1n) is 13.4. The second kappa shape index (κ2) is 10.6. The van der Waals surface area contributed by atoms with Crippen molar-refractivity contribution in [3.8, 4) is 5.75 Å². The highest BCUT2D eigenvalue weighted by Crippen LogP contribution is 2.55. The fourth-order valence-corrected chi connectivity index (χ4v) is 6.86. The Hall–Kier alpha value is -3.64. The van der Waals surface area contributed by atoms with E-state index in [2.05, 4.69) is 47.5 Å². The number of fused-ring (bicyclic) bond motifs is 2. The van der Waals surface area contributed by atoms with Crippen LogP contribution in [-0.4, -0.2) is 53.2 Å². The summed E-state index contributed by atoms with van der Waals surface area (Å²) >= 11 is 0. The normalized spacial score (nSPS) is 23.6. The Balaban J connectivity index is 1.44. The standard InChI is InChI=1S/C32H36N2O4/c1-31-18-24-10-5-6-11-25(24)19-32(31,27-12-7-13-28(35)17-27)14-15-34(22-31)21-26(30(38)33-20-29(36)37)16-23-8-3-2-4-9-23/h2-13,17,26,35H,14-16,18-22H2,1H3,(H,33,38)(H,36,37)/t26-,31?,32?/m0/s1. The Morgan fingerprint density at radius 3 is 2.39 bits per heavy atom. The molecule has 0 saturated carbocycles. The number of carbonyl (C=O) groups excluding carboxylic acids is 1. The third-order valence-corrected chi connectivity index (χ3v) is 8.76. The lowest BCUT2D eigenvalue weighted by molar-refractivity contribution is -0.138. The van der Waals surface area contributed by atoms with Gasteiger partial charge in [-0.2, -0.15) is 0 Å². The van der Waals surface area contributed by atoms with Crippen molar-refractivity contribution in [3.63, 3.8) is 0 Å². The van der Waals surface area contributed by atoms with Crippen LogP contribution < -0.4 is 5.32 Å². The van der Waals surface area contributed by atoms with Crippen molar-refractivity contribution in [1.29, 1.82) is 0 Å². The van der Waals surface area contributed by atoms with Crippen molar-refractivity contribution in [3.05, 3.63) is 101 Å². The summed E-state index contributed by atoms with van der Waals surface area (Å²) in [5.74, 6) is -1.33. The monoisotopic (exact) mass is 512 g/mol. The molecular formula is C32H36N2O4. The van der Waals surface area contributed by atoms with E-state index in [1.165, 1.54) is 16.7 Å². The Kier molecular flexibility index (Phi) is 7.26. The highest BCUT2D eigenvalue weighted by Gasteiger charge is 2.55. The lowest BCUT2D eigenvalue weighted by atomic mass is 9.50. The third-order valence-electron chi connectivity index (χ3n) is 8.76. The van der Waals surface area contributed by atoms with Gasteiger partial charge in [-0.05, 0) is 72.0 Å². The average molecular weight is 513 g/mol. The number of aliphatic carboxylic acids is 1. The van der Waals surface area contributed by atoms with Crippen LogP contribution in [0.3, 0.4) is 0 Å². The van der Waals surface area contributed by atoms with Crippen LogP contribution in [0.15, 0.2) is 78.9 Å². The number of carboxylic acids is 1. The van der Waals surface area contributed by atoms with Crippen molar-refractivity contribution in [2.75, 3.05) is 26.2 Å². The van der Waals surface area contributed by atoms with Gasteiger partial charge >= 0.3 is 5.97 Å². The lowest BCUT2D eigenvalue weighted by Crippen LogP contribution is -2.61. The molecule has 3 atom stereocenters. The Bertz CT molecular complexity index is 1310. The van der Waals surface area contributed by atoms with Gasteiger partial charge in [-0.25, -0.2) is 0 Å². The molecule has 3 aromatic carbocycles. The molecule has 1 aliphatic carbocycles. The molecule has 6 nitrogen and oxygen atoms in total. The number of nitrogens with zero attached hydrogens (tertiary/aromatic N) is 1. The largest absolute Gasteiger partial charge is 0.508 e. The number of carboxylic acid groups (broad SMARTS) is 1. The molecule has 1 fully saturated rings. The summed E-state index contributed by atoms with van der Waals surface area (Å²) in [4.78, 5) is 26.7. The Labute approximate surface area is 224 Å². The highest BCUT2D eigenvalue weighted by molar-refractivity contribution is 5.83. The van der Waals surface area contributed by atoms with Crippen LogP contribution in [-0.2, 0) is 34.3 Å². The SMILES string of the molecule is CC12Cc3ccccc3CC1(c1cccc(O)c1)CCN(C[C@H](Cc1ccccc1)C(=O)NCC(=O)O)C2. The molecule has 0 radical (unpaired) electrons. The van der Waals surface area contributed by atoms with Gasteiger partial charge in [0.25, 0.3) is 0 Å². The number of hydrogen-bond acceptors (Lipinski definition) is 4. The van der Waals surface area contributed by atoms with E-state index < -0.39 is 5.97 Å². The number of aromatic hydroxyl groups is 1. The predicted octanol–water partition coefficient (Wildman–Crippen LogP) is 4.20. The van der Waals surface area contributed by atoms with Gasteiger partial charge in [0, 0.05) is 18.5 Å². The lowest BCUT2D eigenvalue weighted by Gasteiger charge is -2.58. The summed E-state index contributed by atoms with van der Waals surface area (Å²) in [6, 6.07) is 26.3. The molecule has 3 N–H and O–H groups in total. The fourth-order valence-electron chi connectivity index (χ4n) is 6.86. The molecule has 5 rings (SSSR count). The maximum Gasteiger partial charge on any atom is 0.322 e. The third kappa shape index (κ3) is 5.18. The maximum atomic E-state index is 13.1. The Morgan fingerprint density at radius 2 is 1.68 bits per heavy atom. The number of amides is 1. The van der Waals surface area contributed by atoms with Crippen molar-refractivity contribution in [2.45, 2.75) is 38.0 Å². The van der Waals surface area contributed by atoms with Gasteiger partial charge in [-0.1, -0.05) is 73.7 Å². The smallest absolute Gasteiger partial charge is 0.322 e. The van der Waals surface area contributed by atoms with Crippen LogP contribution in [0.1, 0.15) is 35.6 Å². The van der Waals surface area contributed by atoms with Gasteiger partial charge in [0.05, 0.1) is 5.92 Å². The molecule has 0 bridgehead atoms. The summed E-state index contributed by atoms with van der Waals surface area (Å²) in [5.41, 5.74) is 4.74. The maximum absolute atomic E-state index is 13.1. The number of rotatable bonds is 8. The van der Waals surface area contributed by atoms with Gasteiger partial charge in [0.15, 0.2) is 0 Å². The highest BCUT2D eigenvalue weighted by atomic mass is 16.4. The molecule has 0 spiro atoms. The van der Waals surface area contributed by atoms with E-state index in [0.717, 1.165) is 37.9 Å². The number of piperidine rings is 1. The fraction of sp³-hybridized carbons (Fsp3) is 0.375. The average Bonchev–Trinajstić information content (AvgIpc) is 2.90. The molecule has 2 aliphatic rings.